The molecule has 228 valence electrons. The summed E-state index contributed by atoms with van der Waals surface area (Å²) >= 11 is 0. The number of hydrogen-bond donors (Lipinski definition) is 1. The normalized spacial score (nSPS) is 37.4. The fourth-order valence-corrected chi connectivity index (χ4v) is 10.1. The molecule has 4 fully saturated rings. The van der Waals surface area contributed by atoms with Gasteiger partial charge in [0.05, 0.1) is 30.5 Å². The predicted molar refractivity (Wildman–Crippen MR) is 166 cm³/mol. The van der Waals surface area contributed by atoms with Gasteiger partial charge >= 0.3 is 5.97 Å². The molecule has 1 aromatic rings. The Bertz CT molecular complexity index is 1130. The van der Waals surface area contributed by atoms with Crippen LogP contribution < -0.4 is 0 Å². The Morgan fingerprint density at radius 3 is 2.56 bits per heavy atom. The summed E-state index contributed by atoms with van der Waals surface area (Å²) in [7, 11) is -0.146. The number of esters is 1. The highest BCUT2D eigenvalue weighted by Gasteiger charge is 2.70. The van der Waals surface area contributed by atoms with E-state index < -0.39 is 14.4 Å². The smallest absolute Gasteiger partial charge is 0.338 e. The Kier molecular flexibility index (Phi) is 8.48. The van der Waals surface area contributed by atoms with Crippen LogP contribution in [0.5, 0.6) is 0 Å². The third-order valence-electron chi connectivity index (χ3n) is 12.2. The zero-order valence-corrected chi connectivity index (χ0v) is 27.7. The van der Waals surface area contributed by atoms with E-state index in [-0.39, 0.29) is 34.0 Å². The molecule has 0 heterocycles. The molecule has 6 heteroatoms. The molecule has 1 N–H and O–H groups in total. The molecule has 0 aromatic heterocycles. The maximum absolute atomic E-state index is 12.6. The molecule has 0 aliphatic heterocycles. The van der Waals surface area contributed by atoms with Gasteiger partial charge in [0.1, 0.15) is 0 Å². The van der Waals surface area contributed by atoms with E-state index in [1.165, 1.54) is 31.3 Å². The van der Waals surface area contributed by atoms with E-state index in [4.69, 9.17) is 13.9 Å². The van der Waals surface area contributed by atoms with Gasteiger partial charge in [-0.1, -0.05) is 64.5 Å². The Hall–Kier alpha value is -1.47. The van der Waals surface area contributed by atoms with Crippen molar-refractivity contribution >= 4 is 14.3 Å². The number of ether oxygens (including phenoxy) is 2. The number of fused-ring (bicyclic) bond motifs is 2. The average Bonchev–Trinajstić information content (AvgIpc) is 3.43. The highest BCUT2D eigenvalue weighted by molar-refractivity contribution is 6.74. The highest BCUT2D eigenvalue weighted by Crippen LogP contribution is 2.68. The number of carbonyl (C=O) groups excluding carboxylic acids is 1. The molecule has 0 spiro atoms. The Labute approximate surface area is 249 Å². The second-order valence-electron chi connectivity index (χ2n) is 15.5. The lowest BCUT2D eigenvalue weighted by molar-refractivity contribution is -0.0428. The lowest BCUT2D eigenvalue weighted by Crippen LogP contribution is -2.48. The summed E-state index contributed by atoms with van der Waals surface area (Å²) in [5, 5.41) is 11.8. The minimum atomic E-state index is -1.97. The molecule has 1 unspecified atom stereocenters. The van der Waals surface area contributed by atoms with E-state index in [1.54, 1.807) is 0 Å². The largest absolute Gasteiger partial charge is 0.462 e. The first kappa shape index (κ1) is 31.0. The van der Waals surface area contributed by atoms with Crippen LogP contribution in [0.25, 0.3) is 0 Å². The SMILES string of the molecule is CO[C@H](/C=C1\CCC[C@]2(C)[C@@H]([C@H](C)COC(=O)c3ccccc3)CC[C@@H]12)[C@]12C[C@H]1C[C@H](O[Si](C)(C)C(C)(C)C)C2O. The van der Waals surface area contributed by atoms with Gasteiger partial charge in [-0.05, 0) is 104 Å². The number of aliphatic hydroxyl groups is 1. The van der Waals surface area contributed by atoms with Gasteiger partial charge in [-0.25, -0.2) is 4.79 Å². The first-order valence-corrected chi connectivity index (χ1v) is 19.0. The van der Waals surface area contributed by atoms with Gasteiger partial charge in [0.2, 0.25) is 0 Å². The molecule has 4 aliphatic carbocycles. The van der Waals surface area contributed by atoms with Crippen molar-refractivity contribution in [2.75, 3.05) is 13.7 Å². The summed E-state index contributed by atoms with van der Waals surface area (Å²) in [5.41, 5.74) is 2.14. The molecule has 0 radical (unpaired) electrons. The van der Waals surface area contributed by atoms with Crippen molar-refractivity contribution in [1.29, 1.82) is 0 Å². The second kappa shape index (κ2) is 11.2. The van der Waals surface area contributed by atoms with E-state index in [9.17, 15) is 9.90 Å². The zero-order valence-electron chi connectivity index (χ0n) is 26.7. The molecule has 0 amide bonds. The van der Waals surface area contributed by atoms with E-state index in [0.29, 0.717) is 35.8 Å². The van der Waals surface area contributed by atoms with Gasteiger partial charge in [-0.15, -0.1) is 0 Å². The van der Waals surface area contributed by atoms with Gasteiger partial charge in [-0.2, -0.15) is 0 Å². The maximum atomic E-state index is 12.6. The van der Waals surface area contributed by atoms with Crippen LogP contribution in [0.3, 0.4) is 0 Å². The molecular weight excluding hydrogens is 528 g/mol. The first-order valence-electron chi connectivity index (χ1n) is 16.1. The maximum Gasteiger partial charge on any atom is 0.338 e. The minimum absolute atomic E-state index is 0.0730. The van der Waals surface area contributed by atoms with Crippen molar-refractivity contribution in [3.05, 3.63) is 47.5 Å². The second-order valence-corrected chi connectivity index (χ2v) is 20.3. The number of methoxy groups -OCH3 is 1. The Morgan fingerprint density at radius 2 is 1.90 bits per heavy atom. The van der Waals surface area contributed by atoms with Gasteiger partial charge in [0.25, 0.3) is 0 Å². The van der Waals surface area contributed by atoms with Crippen molar-refractivity contribution in [3.8, 4) is 0 Å². The third-order valence-corrected chi connectivity index (χ3v) is 16.7. The summed E-state index contributed by atoms with van der Waals surface area (Å²) in [5.74, 6) is 1.60. The number of rotatable bonds is 9. The first-order chi connectivity index (χ1) is 19.2. The standard InChI is InChI=1S/C35H54O5Si/c1-23(22-39-32(37)24-13-10-9-11-14-24)27-16-17-28-25(15-12-18-34(27,28)5)19-30(38-6)35-21-26(35)20-29(31(35)36)40-41(7,8)33(2,3)4/h9-11,13-14,19,23,26-31,36H,12,15-18,20-22H2,1-8H3/b25-19+/t23-,26-,27-,28+,29+,30-,31?,34-,35+/m1/s1. The molecule has 4 aliphatic rings. The van der Waals surface area contributed by atoms with Gasteiger partial charge in [0, 0.05) is 12.5 Å². The van der Waals surface area contributed by atoms with Crippen LogP contribution in [-0.2, 0) is 13.9 Å². The number of carbonyl (C=O) groups is 1. The van der Waals surface area contributed by atoms with Crippen LogP contribution >= 0.6 is 0 Å². The van der Waals surface area contributed by atoms with Crippen LogP contribution in [0.1, 0.15) is 89.9 Å². The number of aliphatic hydroxyl groups excluding tert-OH is 1. The van der Waals surface area contributed by atoms with E-state index >= 15 is 0 Å². The fraction of sp³-hybridized carbons (Fsp3) is 0.743. The fourth-order valence-electron chi connectivity index (χ4n) is 8.80. The molecule has 0 saturated heterocycles. The molecule has 41 heavy (non-hydrogen) atoms. The molecule has 1 aromatic carbocycles. The number of benzene rings is 1. The van der Waals surface area contributed by atoms with Crippen molar-refractivity contribution in [2.45, 2.75) is 116 Å². The van der Waals surface area contributed by atoms with Gasteiger partial charge in [-0.3, -0.25) is 0 Å². The average molecular weight is 583 g/mol. The zero-order chi connectivity index (χ0) is 29.8. The third kappa shape index (κ3) is 5.52. The summed E-state index contributed by atoms with van der Waals surface area (Å²) in [6.07, 6.45) is 9.62. The van der Waals surface area contributed by atoms with Gasteiger partial charge < -0.3 is 19.0 Å². The van der Waals surface area contributed by atoms with Crippen LogP contribution in [0.2, 0.25) is 18.1 Å². The lowest BCUT2D eigenvalue weighted by atomic mass is 9.61. The molecule has 5 rings (SSSR count). The molecular formula is C35H54O5Si. The molecule has 0 bridgehead atoms. The monoisotopic (exact) mass is 582 g/mol. The van der Waals surface area contributed by atoms with E-state index in [2.05, 4.69) is 53.8 Å². The Morgan fingerprint density at radius 1 is 1.20 bits per heavy atom. The van der Waals surface area contributed by atoms with E-state index in [1.807, 2.05) is 37.4 Å². The van der Waals surface area contributed by atoms with Gasteiger partial charge in [0.15, 0.2) is 8.32 Å². The van der Waals surface area contributed by atoms with Crippen molar-refractivity contribution < 1.29 is 23.8 Å². The molecule has 4 saturated carbocycles. The molecule has 9 atom stereocenters. The predicted octanol–water partition coefficient (Wildman–Crippen LogP) is 7.80. The lowest BCUT2D eigenvalue weighted by Gasteiger charge is -2.45. The van der Waals surface area contributed by atoms with Crippen molar-refractivity contribution in [1.82, 2.24) is 0 Å². The van der Waals surface area contributed by atoms with Crippen LogP contribution in [0.15, 0.2) is 42.0 Å². The Balaban J connectivity index is 1.27. The van der Waals surface area contributed by atoms with Crippen molar-refractivity contribution in [2.24, 2.45) is 34.5 Å². The quantitative estimate of drug-likeness (QED) is 0.183. The number of allylic oxidation sites excluding steroid dienone is 1. The van der Waals surface area contributed by atoms with Crippen LogP contribution in [0.4, 0.5) is 0 Å². The molecule has 5 nitrogen and oxygen atoms in total. The summed E-state index contributed by atoms with van der Waals surface area (Å²) in [6, 6.07) is 9.30. The van der Waals surface area contributed by atoms with Crippen LogP contribution in [-0.4, -0.2) is 51.4 Å². The summed E-state index contributed by atoms with van der Waals surface area (Å²) in [6.45, 7) is 16.6. The highest BCUT2D eigenvalue weighted by atomic mass is 28.4. The topological polar surface area (TPSA) is 65.0 Å². The van der Waals surface area contributed by atoms with Crippen LogP contribution in [0, 0.1) is 34.5 Å². The summed E-state index contributed by atoms with van der Waals surface area (Å²) < 4.78 is 18.8. The minimum Gasteiger partial charge on any atom is -0.462 e. The summed E-state index contributed by atoms with van der Waals surface area (Å²) in [4.78, 5) is 12.6. The van der Waals surface area contributed by atoms with E-state index in [0.717, 1.165) is 19.3 Å². The van der Waals surface area contributed by atoms with Crippen molar-refractivity contribution in [3.63, 3.8) is 0 Å². The number of hydrogen-bond acceptors (Lipinski definition) is 5.